The van der Waals surface area contributed by atoms with Crippen LogP contribution in [0.1, 0.15) is 5.56 Å². The molecule has 0 radical (unpaired) electrons. The van der Waals surface area contributed by atoms with Gasteiger partial charge in [0.2, 0.25) is 0 Å². The van der Waals surface area contributed by atoms with Crippen molar-refractivity contribution in [2.45, 2.75) is 0 Å². The summed E-state index contributed by atoms with van der Waals surface area (Å²) in [4.78, 5) is 19.9. The number of nitrogens with one attached hydrogen (secondary N) is 1. The van der Waals surface area contributed by atoms with Gasteiger partial charge in [0, 0.05) is 6.08 Å². The van der Waals surface area contributed by atoms with Gasteiger partial charge in [-0.1, -0.05) is 0 Å². The van der Waals surface area contributed by atoms with Crippen LogP contribution >= 0.6 is 12.2 Å². The lowest BCUT2D eigenvalue weighted by Gasteiger charge is -1.87. The summed E-state index contributed by atoms with van der Waals surface area (Å²) >= 11 is 4.24. The van der Waals surface area contributed by atoms with Crippen molar-refractivity contribution in [1.82, 2.24) is 15.2 Å². The zero-order chi connectivity index (χ0) is 15.0. The molecular formula is C8H12N6O4S. The van der Waals surface area contributed by atoms with E-state index in [1.54, 1.807) is 0 Å². The number of thiocarbonyl (C=S) groups is 1. The molecule has 0 atom stereocenters. The first-order valence-electron chi connectivity index (χ1n) is 4.63. The van der Waals surface area contributed by atoms with E-state index in [0.717, 1.165) is 12.2 Å². The van der Waals surface area contributed by atoms with Crippen LogP contribution in [0, 0.1) is 10.1 Å². The largest absolute Gasteiger partial charge is 0.478 e. The highest BCUT2D eigenvalue weighted by atomic mass is 32.1. The number of nitrogens with zero attached hydrogens (tertiary/aromatic N) is 3. The van der Waals surface area contributed by atoms with E-state index in [4.69, 9.17) is 10.8 Å². The third-order valence-corrected chi connectivity index (χ3v) is 1.68. The molecule has 0 aromatic carbocycles. The first kappa shape index (κ1) is 16.5. The molecule has 10 nitrogen and oxygen atoms in total. The van der Waals surface area contributed by atoms with Gasteiger partial charge < -0.3 is 26.4 Å². The van der Waals surface area contributed by atoms with Crippen LogP contribution in [0.2, 0.25) is 0 Å². The van der Waals surface area contributed by atoms with Crippen LogP contribution in [0.3, 0.4) is 0 Å². The summed E-state index contributed by atoms with van der Waals surface area (Å²) in [6.07, 6.45) is 3.33. The van der Waals surface area contributed by atoms with E-state index in [-0.39, 0.29) is 16.5 Å². The number of hydrogen-bond acceptors (Lipinski definition) is 6. The summed E-state index contributed by atoms with van der Waals surface area (Å²) in [6, 6.07) is 0. The van der Waals surface area contributed by atoms with E-state index in [1.807, 2.05) is 5.43 Å². The molecule has 1 heterocycles. The van der Waals surface area contributed by atoms with Gasteiger partial charge in [-0.3, -0.25) is 0 Å². The fraction of sp³-hybridized carbons (Fsp3) is 0.125. The Bertz CT molecular complexity index is 511. The third-order valence-electron chi connectivity index (χ3n) is 1.56. The van der Waals surface area contributed by atoms with Crippen LogP contribution in [0.5, 0.6) is 0 Å². The summed E-state index contributed by atoms with van der Waals surface area (Å²) < 4.78 is 1.25. The Hall–Kier alpha value is -2.53. The molecule has 0 aliphatic heterocycles. The van der Waals surface area contributed by atoms with Crippen LogP contribution in [0.4, 0.5) is 5.82 Å². The number of nitrogens with two attached hydrogens (primary N) is 2. The number of aryl methyl sites for hydroxylation is 1. The lowest BCUT2D eigenvalue weighted by molar-refractivity contribution is -0.390. The molecule has 0 aliphatic rings. The Kier molecular flexibility index (Phi) is 6.70. The molecule has 104 valence electrons. The molecule has 0 amide bonds. The van der Waals surface area contributed by atoms with Gasteiger partial charge in [-0.05, 0) is 23.2 Å². The van der Waals surface area contributed by atoms with Crippen molar-refractivity contribution in [2.24, 2.45) is 18.6 Å². The third kappa shape index (κ3) is 6.70. The molecule has 1 rings (SSSR count). The molecule has 0 saturated heterocycles. The predicted molar refractivity (Wildman–Crippen MR) is 70.6 cm³/mol. The first-order valence-corrected chi connectivity index (χ1v) is 5.03. The summed E-state index contributed by atoms with van der Waals surface area (Å²) in [7, 11) is 1.52. The van der Waals surface area contributed by atoms with Crippen molar-refractivity contribution in [3.05, 3.63) is 28.0 Å². The maximum absolute atomic E-state index is 10.4. The number of nitro groups is 1. The average molecular weight is 288 g/mol. The molecule has 0 spiro atoms. The van der Waals surface area contributed by atoms with E-state index in [0.29, 0.717) is 0 Å². The van der Waals surface area contributed by atoms with E-state index in [9.17, 15) is 14.9 Å². The van der Waals surface area contributed by atoms with Crippen LogP contribution in [0.25, 0.3) is 6.08 Å². The number of hydrogen-bond donors (Lipinski definition) is 4. The normalized spacial score (nSPS) is 9.58. The van der Waals surface area contributed by atoms with Gasteiger partial charge in [0.15, 0.2) is 5.11 Å². The minimum atomic E-state index is -1.16. The number of aliphatic carboxylic acids is 1. The predicted octanol–water partition coefficient (Wildman–Crippen LogP) is -0.881. The highest BCUT2D eigenvalue weighted by molar-refractivity contribution is 7.80. The van der Waals surface area contributed by atoms with Crippen molar-refractivity contribution in [3.63, 3.8) is 0 Å². The summed E-state index contributed by atoms with van der Waals surface area (Å²) in [5.74, 6) is 3.13. The summed E-state index contributed by atoms with van der Waals surface area (Å²) in [6.45, 7) is 0. The zero-order valence-electron chi connectivity index (χ0n) is 9.81. The number of carboxylic acid groups (broad SMARTS) is 1. The highest BCUT2D eigenvalue weighted by Crippen LogP contribution is 2.16. The molecule has 1 aromatic heterocycles. The van der Waals surface area contributed by atoms with E-state index in [1.165, 1.54) is 17.9 Å². The van der Waals surface area contributed by atoms with Crippen molar-refractivity contribution in [3.8, 4) is 0 Å². The van der Waals surface area contributed by atoms with E-state index in [2.05, 4.69) is 23.2 Å². The Morgan fingerprint density at radius 1 is 1.74 bits per heavy atom. The minimum absolute atomic E-state index is 0.116. The number of aromatic nitrogens is 2. The molecule has 0 bridgehead atoms. The maximum atomic E-state index is 10.4. The van der Waals surface area contributed by atoms with Gasteiger partial charge in [0.25, 0.3) is 0 Å². The van der Waals surface area contributed by atoms with E-state index < -0.39 is 10.9 Å². The van der Waals surface area contributed by atoms with Crippen molar-refractivity contribution in [1.29, 1.82) is 0 Å². The second-order valence-electron chi connectivity index (χ2n) is 3.02. The van der Waals surface area contributed by atoms with Gasteiger partial charge in [-0.25, -0.2) is 10.6 Å². The Morgan fingerprint density at radius 3 is 2.63 bits per heavy atom. The second kappa shape index (κ2) is 7.73. The molecule has 0 unspecified atom stereocenters. The molecule has 11 heteroatoms. The fourth-order valence-electron chi connectivity index (χ4n) is 0.916. The van der Waals surface area contributed by atoms with Gasteiger partial charge in [0.1, 0.15) is 0 Å². The molecule has 19 heavy (non-hydrogen) atoms. The first-order chi connectivity index (χ1) is 8.77. The lowest BCUT2D eigenvalue weighted by atomic mass is 10.3. The summed E-state index contributed by atoms with van der Waals surface area (Å²) in [5.41, 5.74) is 6.99. The average Bonchev–Trinajstić information content (AvgIpc) is 2.68. The Balaban J connectivity index is 0.000000555. The molecular weight excluding hydrogens is 276 g/mol. The molecule has 0 aliphatic carbocycles. The van der Waals surface area contributed by atoms with Gasteiger partial charge in [-0.2, -0.15) is 4.68 Å². The van der Waals surface area contributed by atoms with Crippen molar-refractivity contribution >= 4 is 35.2 Å². The second-order valence-corrected chi connectivity index (χ2v) is 3.46. The number of hydrazine groups is 1. The maximum Gasteiger partial charge on any atom is 0.397 e. The van der Waals surface area contributed by atoms with Crippen LogP contribution in [-0.2, 0) is 11.8 Å². The SMILES string of the molecule is Cn1cc(C=CC(=O)O)c([N+](=O)[O-])n1.NNC(N)=S. The number of carboxylic acids is 1. The summed E-state index contributed by atoms with van der Waals surface area (Å²) in [5, 5.41) is 22.4. The van der Waals surface area contributed by atoms with Gasteiger partial charge >= 0.3 is 11.8 Å². The number of carbonyl (C=O) groups is 1. The molecule has 6 N–H and O–H groups in total. The topological polar surface area (TPSA) is 162 Å². The quantitative estimate of drug-likeness (QED) is 0.182. The molecule has 0 saturated carbocycles. The molecule has 1 aromatic rings. The van der Waals surface area contributed by atoms with Gasteiger partial charge in [-0.15, -0.1) is 0 Å². The van der Waals surface area contributed by atoms with Crippen molar-refractivity contribution < 1.29 is 14.8 Å². The fourth-order valence-corrected chi connectivity index (χ4v) is 0.916. The number of rotatable bonds is 3. The zero-order valence-corrected chi connectivity index (χ0v) is 10.6. The van der Waals surface area contributed by atoms with Crippen LogP contribution in [-0.4, -0.2) is 30.9 Å². The van der Waals surface area contributed by atoms with Crippen molar-refractivity contribution in [2.75, 3.05) is 0 Å². The van der Waals surface area contributed by atoms with E-state index >= 15 is 0 Å². The Morgan fingerprint density at radius 2 is 2.26 bits per heavy atom. The minimum Gasteiger partial charge on any atom is -0.478 e. The lowest BCUT2D eigenvalue weighted by Crippen LogP contribution is -2.34. The molecule has 0 fully saturated rings. The standard InChI is InChI=1S/C7H7N3O4.CH5N3S/c1-9-4-5(2-3-6(11)12)7(8-9)10(13)14;2-1(5)4-3/h2-4H,1H3,(H,11,12);3H2,(H3,2,4,5). The van der Waals surface area contributed by atoms with Gasteiger partial charge in [0.05, 0.1) is 23.9 Å². The van der Waals surface area contributed by atoms with Crippen LogP contribution < -0.4 is 17.0 Å². The smallest absolute Gasteiger partial charge is 0.397 e. The van der Waals surface area contributed by atoms with Crippen LogP contribution in [0.15, 0.2) is 12.3 Å². The highest BCUT2D eigenvalue weighted by Gasteiger charge is 2.16. The monoisotopic (exact) mass is 288 g/mol. The Labute approximate surface area is 112 Å².